The Labute approximate surface area is 221 Å². The molecule has 0 saturated carbocycles. The molecule has 12 heteroatoms. The van der Waals surface area contributed by atoms with Gasteiger partial charge in [0.15, 0.2) is 0 Å². The lowest BCUT2D eigenvalue weighted by Gasteiger charge is -2.23. The molecule has 0 radical (unpaired) electrons. The Kier molecular flexibility index (Phi) is 10.8. The molecule has 38 heavy (non-hydrogen) atoms. The van der Waals surface area contributed by atoms with E-state index in [4.69, 9.17) is 17.2 Å². The molecule has 2 aromatic rings. The number of carbonyl (C=O) groups excluding carboxylic acids is 3. The van der Waals surface area contributed by atoms with E-state index in [1.165, 1.54) is 6.07 Å². The van der Waals surface area contributed by atoms with Gasteiger partial charge in [-0.05, 0) is 65.9 Å². The Bertz CT molecular complexity index is 1190. The van der Waals surface area contributed by atoms with E-state index >= 15 is 0 Å². The van der Waals surface area contributed by atoms with Crippen LogP contribution in [0.5, 0.6) is 5.75 Å². The molecule has 2 aromatic carbocycles. The van der Waals surface area contributed by atoms with Gasteiger partial charge in [0.25, 0.3) is 0 Å². The van der Waals surface area contributed by atoms with Gasteiger partial charge in [-0.2, -0.15) is 0 Å². The topological polar surface area (TPSA) is 223 Å². The molecular weight excluding hydrogens is 492 g/mol. The highest BCUT2D eigenvalue weighted by Gasteiger charge is 2.29. The van der Waals surface area contributed by atoms with Gasteiger partial charge in [0, 0.05) is 18.5 Å². The summed E-state index contributed by atoms with van der Waals surface area (Å²) in [5.74, 6) is -3.15. The molecule has 0 fully saturated rings. The summed E-state index contributed by atoms with van der Waals surface area (Å²) in [6.45, 7) is -0.0178. The summed E-state index contributed by atoms with van der Waals surface area (Å²) < 4.78 is 0. The Morgan fingerprint density at radius 2 is 1.63 bits per heavy atom. The van der Waals surface area contributed by atoms with Crippen molar-refractivity contribution < 1.29 is 29.4 Å². The van der Waals surface area contributed by atoms with E-state index < -0.39 is 41.8 Å². The molecule has 3 amide bonds. The third-order valence-electron chi connectivity index (χ3n) is 6.12. The highest BCUT2D eigenvalue weighted by Crippen LogP contribution is 2.30. The molecule has 11 N–H and O–H groups in total. The second kappa shape index (κ2) is 13.5. The first-order valence-electron chi connectivity index (χ1n) is 11.9. The van der Waals surface area contributed by atoms with Crippen molar-refractivity contribution >= 4 is 29.4 Å². The zero-order valence-corrected chi connectivity index (χ0v) is 20.2. The molecule has 0 aromatic heterocycles. The zero-order valence-electron chi connectivity index (χ0n) is 20.2. The number of nitrogens with one attached hydrogen (secondary N) is 3. The first-order chi connectivity index (χ1) is 17.6. The van der Waals surface area contributed by atoms with E-state index in [1.54, 1.807) is 30.3 Å². The summed E-state index contributed by atoms with van der Waals surface area (Å²) in [5.41, 5.74) is 19.6. The summed E-state index contributed by atoms with van der Waals surface area (Å²) in [4.78, 5) is 50.0. The lowest BCUT2D eigenvalue weighted by atomic mass is 9.95. The Morgan fingerprint density at radius 1 is 0.974 bits per heavy atom. The monoisotopic (exact) mass is 528 g/mol. The van der Waals surface area contributed by atoms with Crippen molar-refractivity contribution in [3.05, 3.63) is 47.5 Å². The van der Waals surface area contributed by atoms with Gasteiger partial charge in [0.05, 0.1) is 12.6 Å². The zero-order chi connectivity index (χ0) is 27.1. The number of carbonyl (C=O) groups is 4. The van der Waals surface area contributed by atoms with Crippen LogP contribution in [0.4, 0.5) is 5.69 Å². The molecule has 1 aliphatic heterocycles. The van der Waals surface area contributed by atoms with Crippen molar-refractivity contribution in [2.45, 2.75) is 51.2 Å². The maximum absolute atomic E-state index is 13.1. The summed E-state index contributed by atoms with van der Waals surface area (Å²) in [5, 5.41) is 28.0. The number of phenols is 1. The first-order valence-corrected chi connectivity index (χ1v) is 11.9. The van der Waals surface area contributed by atoms with E-state index in [0.717, 1.165) is 0 Å². The van der Waals surface area contributed by atoms with Crippen LogP contribution in [0.2, 0.25) is 0 Å². The number of benzene rings is 2. The number of aliphatic carboxylic acids is 1. The van der Waals surface area contributed by atoms with Crippen molar-refractivity contribution in [1.82, 2.24) is 10.6 Å². The van der Waals surface area contributed by atoms with Crippen LogP contribution in [0, 0.1) is 0 Å². The number of hydrogen-bond acceptors (Lipinski definition) is 8. The minimum absolute atomic E-state index is 0. The quantitative estimate of drug-likeness (QED) is 0.248. The second-order valence-corrected chi connectivity index (χ2v) is 8.87. The van der Waals surface area contributed by atoms with Crippen LogP contribution in [0.3, 0.4) is 0 Å². The van der Waals surface area contributed by atoms with Crippen molar-refractivity contribution in [3.63, 3.8) is 0 Å². The predicted octanol–water partition coefficient (Wildman–Crippen LogP) is -0.188. The van der Waals surface area contributed by atoms with Crippen molar-refractivity contribution in [2.75, 3.05) is 18.4 Å². The molecule has 3 rings (SSSR count). The number of anilines is 1. The lowest BCUT2D eigenvalue weighted by Crippen LogP contribution is -2.55. The van der Waals surface area contributed by atoms with Gasteiger partial charge < -0.3 is 43.4 Å². The number of aromatic hydroxyl groups is 1. The predicted molar refractivity (Wildman–Crippen MR) is 143 cm³/mol. The maximum Gasteiger partial charge on any atom is 0.326 e. The summed E-state index contributed by atoms with van der Waals surface area (Å²) >= 11 is 0. The molecule has 3 atom stereocenters. The number of carboxylic acid groups (broad SMARTS) is 1. The van der Waals surface area contributed by atoms with Gasteiger partial charge in [0.1, 0.15) is 17.8 Å². The van der Waals surface area contributed by atoms with E-state index in [2.05, 4.69) is 16.0 Å². The molecule has 0 saturated heterocycles. The van der Waals surface area contributed by atoms with Crippen LogP contribution in [0.25, 0.3) is 11.1 Å². The van der Waals surface area contributed by atoms with Crippen molar-refractivity contribution in [2.24, 2.45) is 17.2 Å². The van der Waals surface area contributed by atoms with Gasteiger partial charge in [-0.1, -0.05) is 19.6 Å². The van der Waals surface area contributed by atoms with E-state index in [-0.39, 0.29) is 45.5 Å². The number of nitrogens with two attached hydrogens (primary N) is 3. The molecule has 4 bridgehead atoms. The molecule has 1 aliphatic rings. The van der Waals surface area contributed by atoms with Crippen molar-refractivity contribution in [3.8, 4) is 16.9 Å². The molecule has 12 nitrogen and oxygen atoms in total. The Balaban J connectivity index is 0.00000507. The SMILES string of the molecule is C.NCCC[C@@H]1NC(=O)[C@@H](N)Cc2cc(ccc2O)-c2ccc(NC(=O)CN)c(c2)C[C@@H](C(=O)O)NC1=O. The Morgan fingerprint density at radius 3 is 2.26 bits per heavy atom. The number of amides is 3. The second-order valence-electron chi connectivity index (χ2n) is 8.87. The summed E-state index contributed by atoms with van der Waals surface area (Å²) in [6.07, 6.45) is 0.385. The number of carboxylic acids is 1. The van der Waals surface area contributed by atoms with Gasteiger partial charge in [-0.25, -0.2) is 4.79 Å². The van der Waals surface area contributed by atoms with Gasteiger partial charge in [-0.3, -0.25) is 14.4 Å². The molecular formula is C26H36N6O6. The van der Waals surface area contributed by atoms with Gasteiger partial charge >= 0.3 is 5.97 Å². The van der Waals surface area contributed by atoms with E-state index in [0.29, 0.717) is 34.4 Å². The highest BCUT2D eigenvalue weighted by molar-refractivity contribution is 5.94. The molecule has 1 heterocycles. The van der Waals surface area contributed by atoms with Crippen LogP contribution in [-0.4, -0.2) is 65.1 Å². The average Bonchev–Trinajstić information content (AvgIpc) is 2.87. The summed E-state index contributed by atoms with van der Waals surface area (Å²) in [6, 6.07) is 6.32. The van der Waals surface area contributed by atoms with Gasteiger partial charge in [-0.15, -0.1) is 0 Å². The fraction of sp³-hybridized carbons (Fsp3) is 0.385. The third kappa shape index (κ3) is 7.51. The standard InChI is InChI=1S/C25H32N6O6.CH4/c26-7-1-2-19-24(35)31-20(25(36)37)11-15-8-13(3-5-18(15)29-22(33)12-27)14-4-6-21(32)16(9-14)10-17(28)23(34)30-19;/h3-6,8-9,17,19-20,32H,1-2,7,10-12,26-28H2,(H,29,33)(H,30,34)(H,31,35)(H,36,37);1H4/t17-,19-,20-;/m0./s1. The number of phenolic OH excluding ortho intramolecular Hbond substituents is 1. The minimum atomic E-state index is -1.37. The number of fused-ring (bicyclic) bond motifs is 5. The van der Waals surface area contributed by atoms with E-state index in [9.17, 15) is 29.4 Å². The number of hydrogen-bond donors (Lipinski definition) is 8. The smallest absolute Gasteiger partial charge is 0.326 e. The maximum atomic E-state index is 13.1. The largest absolute Gasteiger partial charge is 0.508 e. The molecule has 0 unspecified atom stereocenters. The Hall–Kier alpha value is -4.00. The molecule has 0 spiro atoms. The lowest BCUT2D eigenvalue weighted by molar-refractivity contribution is -0.142. The average molecular weight is 529 g/mol. The normalized spacial score (nSPS) is 19.6. The number of rotatable bonds is 6. The highest BCUT2D eigenvalue weighted by atomic mass is 16.4. The molecule has 0 aliphatic carbocycles. The van der Waals surface area contributed by atoms with Crippen molar-refractivity contribution in [1.29, 1.82) is 0 Å². The van der Waals surface area contributed by atoms with Crippen LogP contribution in [0.15, 0.2) is 36.4 Å². The minimum Gasteiger partial charge on any atom is -0.508 e. The third-order valence-corrected chi connectivity index (χ3v) is 6.12. The summed E-state index contributed by atoms with van der Waals surface area (Å²) in [7, 11) is 0. The van der Waals surface area contributed by atoms with Crippen LogP contribution < -0.4 is 33.2 Å². The first kappa shape index (κ1) is 30.2. The van der Waals surface area contributed by atoms with Crippen LogP contribution >= 0.6 is 0 Å². The van der Waals surface area contributed by atoms with Gasteiger partial charge in [0.2, 0.25) is 17.7 Å². The fourth-order valence-corrected chi connectivity index (χ4v) is 4.09. The van der Waals surface area contributed by atoms with E-state index in [1.807, 2.05) is 0 Å². The van der Waals surface area contributed by atoms with Crippen LogP contribution in [0.1, 0.15) is 31.4 Å². The fourth-order valence-electron chi connectivity index (χ4n) is 4.09. The van der Waals surface area contributed by atoms with Crippen LogP contribution in [-0.2, 0) is 32.0 Å². The molecule has 206 valence electrons.